The van der Waals surface area contributed by atoms with Crippen molar-refractivity contribution >= 4 is 16.7 Å². The molecule has 2 heterocycles. The second-order valence-electron chi connectivity index (χ2n) is 4.90. The molecule has 108 valence electrons. The van der Waals surface area contributed by atoms with Gasteiger partial charge >= 0.3 is 0 Å². The molecule has 2 aromatic heterocycles. The number of hydrogen-bond acceptors (Lipinski definition) is 6. The summed E-state index contributed by atoms with van der Waals surface area (Å²) in [6.07, 6.45) is 2.64. The molecule has 1 unspecified atom stereocenters. The summed E-state index contributed by atoms with van der Waals surface area (Å²) >= 11 is 0. The first kappa shape index (κ1) is 13.4. The maximum atomic E-state index is 5.97. The van der Waals surface area contributed by atoms with Gasteiger partial charge in [0.1, 0.15) is 12.4 Å². The predicted octanol–water partition coefficient (Wildman–Crippen LogP) is 1.26. The highest BCUT2D eigenvalue weighted by molar-refractivity contribution is 5.87. The maximum Gasteiger partial charge on any atom is 0.152 e. The smallest absolute Gasteiger partial charge is 0.152 e. The monoisotopic (exact) mass is 283 g/mol. The van der Waals surface area contributed by atoms with Gasteiger partial charge < -0.3 is 11.5 Å². The van der Waals surface area contributed by atoms with Crippen molar-refractivity contribution in [1.29, 1.82) is 0 Å². The summed E-state index contributed by atoms with van der Waals surface area (Å²) in [7, 11) is 0. The van der Waals surface area contributed by atoms with E-state index in [0.717, 1.165) is 23.0 Å². The summed E-state index contributed by atoms with van der Waals surface area (Å²) in [6.45, 7) is 2.43. The van der Waals surface area contributed by atoms with Crippen LogP contribution in [0.15, 0.2) is 30.5 Å². The number of rotatable bonds is 4. The van der Waals surface area contributed by atoms with Gasteiger partial charge in [0, 0.05) is 5.39 Å². The van der Waals surface area contributed by atoms with Gasteiger partial charge in [0.15, 0.2) is 5.82 Å². The van der Waals surface area contributed by atoms with Gasteiger partial charge in [0.2, 0.25) is 0 Å². The quantitative estimate of drug-likeness (QED) is 0.746. The molecule has 0 aliphatic heterocycles. The number of anilines is 1. The number of nitrogen functional groups attached to an aromatic ring is 1. The van der Waals surface area contributed by atoms with Crippen LogP contribution in [0.25, 0.3) is 10.9 Å². The number of hydrogen-bond donors (Lipinski definition) is 2. The van der Waals surface area contributed by atoms with E-state index < -0.39 is 0 Å². The number of fused-ring (bicyclic) bond motifs is 1. The normalized spacial score (nSPS) is 12.7. The zero-order chi connectivity index (χ0) is 14.8. The topological polar surface area (TPSA) is 109 Å². The molecule has 0 saturated heterocycles. The van der Waals surface area contributed by atoms with E-state index in [4.69, 9.17) is 11.5 Å². The Hall–Kier alpha value is -2.54. The largest absolute Gasteiger partial charge is 0.383 e. The number of nitrogens with zero attached hydrogens (tertiary/aromatic N) is 5. The Morgan fingerprint density at radius 2 is 2.05 bits per heavy atom. The number of aromatic nitrogens is 5. The van der Waals surface area contributed by atoms with Crippen LogP contribution >= 0.6 is 0 Å². The Kier molecular flexibility index (Phi) is 3.49. The van der Waals surface area contributed by atoms with Crippen molar-refractivity contribution in [2.75, 3.05) is 5.73 Å². The first-order valence-electron chi connectivity index (χ1n) is 6.84. The lowest BCUT2D eigenvalue weighted by Crippen LogP contribution is -2.09. The minimum Gasteiger partial charge on any atom is -0.383 e. The van der Waals surface area contributed by atoms with Crippen molar-refractivity contribution in [3.05, 3.63) is 42.0 Å². The van der Waals surface area contributed by atoms with Crippen molar-refractivity contribution in [3.63, 3.8) is 0 Å². The van der Waals surface area contributed by atoms with Crippen LogP contribution in [0.5, 0.6) is 0 Å². The molecule has 0 fully saturated rings. The van der Waals surface area contributed by atoms with Crippen LogP contribution in [0.4, 0.5) is 5.82 Å². The molecule has 21 heavy (non-hydrogen) atoms. The average Bonchev–Trinajstić information content (AvgIpc) is 2.95. The molecule has 0 saturated carbocycles. The zero-order valence-corrected chi connectivity index (χ0v) is 11.8. The molecule has 4 N–H and O–H groups in total. The van der Waals surface area contributed by atoms with Crippen LogP contribution in [0, 0.1) is 0 Å². The maximum absolute atomic E-state index is 5.97. The van der Waals surface area contributed by atoms with Crippen molar-refractivity contribution in [2.45, 2.75) is 25.9 Å². The van der Waals surface area contributed by atoms with Gasteiger partial charge in [-0.05, 0) is 18.6 Å². The van der Waals surface area contributed by atoms with Gasteiger partial charge in [-0.2, -0.15) is 0 Å². The van der Waals surface area contributed by atoms with E-state index in [1.165, 1.54) is 0 Å². The summed E-state index contributed by atoms with van der Waals surface area (Å²) in [4.78, 5) is 8.81. The van der Waals surface area contributed by atoms with Crippen LogP contribution in [0.1, 0.15) is 30.9 Å². The molecule has 0 aliphatic carbocycles. The Morgan fingerprint density at radius 3 is 2.86 bits per heavy atom. The van der Waals surface area contributed by atoms with Crippen LogP contribution in [-0.2, 0) is 6.54 Å². The van der Waals surface area contributed by atoms with Gasteiger partial charge in [0.05, 0.1) is 23.4 Å². The number of para-hydroxylation sites is 1. The zero-order valence-electron chi connectivity index (χ0n) is 11.8. The van der Waals surface area contributed by atoms with E-state index in [9.17, 15) is 0 Å². The third-order valence-corrected chi connectivity index (χ3v) is 3.36. The molecule has 3 aromatic rings. The summed E-state index contributed by atoms with van der Waals surface area (Å²) < 4.78 is 1.68. The second kappa shape index (κ2) is 5.45. The van der Waals surface area contributed by atoms with E-state index in [0.29, 0.717) is 18.2 Å². The second-order valence-corrected chi connectivity index (χ2v) is 4.90. The molecular weight excluding hydrogens is 266 g/mol. The highest BCUT2D eigenvalue weighted by Crippen LogP contribution is 2.17. The van der Waals surface area contributed by atoms with E-state index in [-0.39, 0.29) is 6.04 Å². The summed E-state index contributed by atoms with van der Waals surface area (Å²) in [5.74, 6) is 1.08. The first-order chi connectivity index (χ1) is 10.2. The Morgan fingerprint density at radius 1 is 1.24 bits per heavy atom. The minimum atomic E-state index is -0.0960. The Bertz CT molecular complexity index is 765. The fraction of sp³-hybridized carbons (Fsp3) is 0.286. The molecule has 0 spiro atoms. The molecule has 7 nitrogen and oxygen atoms in total. The van der Waals surface area contributed by atoms with Crippen LogP contribution < -0.4 is 11.5 Å². The highest BCUT2D eigenvalue weighted by atomic mass is 15.4. The third-order valence-electron chi connectivity index (χ3n) is 3.36. The molecule has 0 amide bonds. The number of benzene rings is 1. The first-order valence-corrected chi connectivity index (χ1v) is 6.84. The molecule has 0 bridgehead atoms. The van der Waals surface area contributed by atoms with E-state index in [1.807, 2.05) is 37.4 Å². The minimum absolute atomic E-state index is 0.0960. The van der Waals surface area contributed by atoms with Crippen molar-refractivity contribution < 1.29 is 0 Å². The molecule has 1 atom stereocenters. The summed E-state index contributed by atoms with van der Waals surface area (Å²) in [5.41, 5.74) is 13.5. The molecule has 0 radical (unpaired) electrons. The van der Waals surface area contributed by atoms with E-state index >= 15 is 0 Å². The van der Waals surface area contributed by atoms with Gasteiger partial charge in [-0.1, -0.05) is 24.3 Å². The molecule has 1 aromatic carbocycles. The fourth-order valence-corrected chi connectivity index (χ4v) is 2.14. The summed E-state index contributed by atoms with van der Waals surface area (Å²) in [6, 6.07) is 7.56. The van der Waals surface area contributed by atoms with Crippen LogP contribution in [0.3, 0.4) is 0 Å². The van der Waals surface area contributed by atoms with Gasteiger partial charge in [-0.25, -0.2) is 14.6 Å². The van der Waals surface area contributed by atoms with Gasteiger partial charge in [-0.15, -0.1) is 5.10 Å². The molecule has 7 heteroatoms. The lowest BCUT2D eigenvalue weighted by Gasteiger charge is -2.05. The lowest BCUT2D eigenvalue weighted by molar-refractivity contribution is 0.625. The standard InChI is InChI=1S/C14H17N7/c1-2-10(15)12-7-21(20-19-12)8-13-17-11-6-4-3-5-9(11)14(16)18-13/h3-7,10H,2,8,15H2,1H3,(H2,16,17,18). The fourth-order valence-electron chi connectivity index (χ4n) is 2.14. The average molecular weight is 283 g/mol. The van der Waals surface area contributed by atoms with Crippen LogP contribution in [-0.4, -0.2) is 25.0 Å². The Labute approximate surface area is 122 Å². The SMILES string of the molecule is CCC(N)c1cn(Cc2nc(N)c3ccccc3n2)nn1. The lowest BCUT2D eigenvalue weighted by atomic mass is 10.2. The third kappa shape index (κ3) is 2.68. The van der Waals surface area contributed by atoms with E-state index in [2.05, 4.69) is 20.3 Å². The van der Waals surface area contributed by atoms with Crippen molar-refractivity contribution in [1.82, 2.24) is 25.0 Å². The number of nitrogens with two attached hydrogens (primary N) is 2. The molecule has 3 rings (SSSR count). The Balaban J connectivity index is 1.89. The van der Waals surface area contributed by atoms with Crippen molar-refractivity contribution in [2.24, 2.45) is 5.73 Å². The van der Waals surface area contributed by atoms with Gasteiger partial charge in [0.25, 0.3) is 0 Å². The van der Waals surface area contributed by atoms with E-state index in [1.54, 1.807) is 4.68 Å². The van der Waals surface area contributed by atoms with Gasteiger partial charge in [-0.3, -0.25) is 0 Å². The molecule has 0 aliphatic rings. The van der Waals surface area contributed by atoms with Crippen LogP contribution in [0.2, 0.25) is 0 Å². The van der Waals surface area contributed by atoms with Crippen molar-refractivity contribution in [3.8, 4) is 0 Å². The highest BCUT2D eigenvalue weighted by Gasteiger charge is 2.10. The predicted molar refractivity (Wildman–Crippen MR) is 80.3 cm³/mol. The molecular formula is C14H17N7. The summed E-state index contributed by atoms with van der Waals surface area (Å²) in [5, 5.41) is 8.98.